The van der Waals surface area contributed by atoms with Crippen LogP contribution in [0.5, 0.6) is 0 Å². The predicted molar refractivity (Wildman–Crippen MR) is 150 cm³/mol. The zero-order valence-corrected chi connectivity index (χ0v) is 24.3. The minimum atomic E-state index is -1.15. The number of hydrogen-bond donors (Lipinski definition) is 4. The first-order valence-electron chi connectivity index (χ1n) is 12.4. The maximum Gasteiger partial charge on any atom is 0.327 e. The Morgan fingerprint density at radius 1 is 0.838 bits per heavy atom. The highest BCUT2D eigenvalue weighted by Gasteiger charge is 2.33. The number of amides is 2. The second-order valence-electron chi connectivity index (χ2n) is 11.5. The summed E-state index contributed by atoms with van der Waals surface area (Å²) in [5.41, 5.74) is 0.585. The molecule has 0 aliphatic rings. The van der Waals surface area contributed by atoms with E-state index in [-0.39, 0.29) is 46.5 Å². The number of carbonyl (C=O) groups excluding carboxylic acids is 2. The summed E-state index contributed by atoms with van der Waals surface area (Å²) in [5.74, 6) is -3.16. The first-order chi connectivity index (χ1) is 17.1. The number of hydrogen-bond acceptors (Lipinski definition) is 6. The molecule has 0 aliphatic heterocycles. The molecule has 1 rings (SSSR count). The summed E-state index contributed by atoms with van der Waals surface area (Å²) in [4.78, 5) is 48.6. The molecule has 0 spiro atoms. The lowest BCUT2D eigenvalue weighted by Crippen LogP contribution is -2.47. The summed E-state index contributed by atoms with van der Waals surface area (Å²) in [7, 11) is 2.31. The molecule has 37 heavy (non-hydrogen) atoms. The summed E-state index contributed by atoms with van der Waals surface area (Å²) < 4.78 is 0. The normalized spacial score (nSPS) is 14.3. The van der Waals surface area contributed by atoms with Crippen molar-refractivity contribution in [2.45, 2.75) is 79.3 Å². The van der Waals surface area contributed by atoms with Gasteiger partial charge in [0.05, 0.1) is 0 Å². The van der Waals surface area contributed by atoms with Crippen molar-refractivity contribution >= 4 is 45.3 Å². The van der Waals surface area contributed by atoms with Crippen LogP contribution in [0.4, 0.5) is 0 Å². The van der Waals surface area contributed by atoms with Gasteiger partial charge < -0.3 is 20.8 Å². The molecule has 0 aromatic heterocycles. The quantitative estimate of drug-likeness (QED) is 0.182. The van der Waals surface area contributed by atoms with Crippen LogP contribution in [0.15, 0.2) is 30.3 Å². The fourth-order valence-corrected chi connectivity index (χ4v) is 6.00. The first kappa shape index (κ1) is 32.8. The average Bonchev–Trinajstić information content (AvgIpc) is 2.76. The highest BCUT2D eigenvalue weighted by Crippen LogP contribution is 2.31. The summed E-state index contributed by atoms with van der Waals surface area (Å²) in [6.45, 7) is 11.6. The molecule has 4 N–H and O–H groups in total. The van der Waals surface area contributed by atoms with Crippen molar-refractivity contribution in [3.05, 3.63) is 35.9 Å². The third-order valence-electron chi connectivity index (χ3n) is 5.65. The molecule has 0 saturated heterocycles. The molecule has 3 atom stereocenters. The molecule has 208 valence electrons. The van der Waals surface area contributed by atoms with Gasteiger partial charge in [-0.2, -0.15) is 0 Å². The molecule has 10 heteroatoms. The van der Waals surface area contributed by atoms with Gasteiger partial charge >= 0.3 is 11.9 Å². The van der Waals surface area contributed by atoms with Crippen molar-refractivity contribution in [3.8, 4) is 0 Å². The van der Waals surface area contributed by atoms with Gasteiger partial charge in [-0.3, -0.25) is 9.59 Å². The van der Waals surface area contributed by atoms with E-state index in [1.54, 1.807) is 0 Å². The molecule has 1 aromatic rings. The monoisotopic (exact) mass is 554 g/mol. The van der Waals surface area contributed by atoms with Gasteiger partial charge in [-0.15, -0.1) is 0 Å². The van der Waals surface area contributed by atoms with E-state index in [1.165, 1.54) is 5.56 Å². The van der Waals surface area contributed by atoms with E-state index in [9.17, 15) is 29.4 Å². The number of carbonyl (C=O) groups is 4. The van der Waals surface area contributed by atoms with Crippen LogP contribution in [0, 0.1) is 16.7 Å². The van der Waals surface area contributed by atoms with Crippen LogP contribution in [0.3, 0.4) is 0 Å². The summed E-state index contributed by atoms with van der Waals surface area (Å²) >= 11 is 0. The van der Waals surface area contributed by atoms with Crippen LogP contribution in [0.25, 0.3) is 0 Å². The Kier molecular flexibility index (Phi) is 13.5. The van der Waals surface area contributed by atoms with E-state index < -0.39 is 24.0 Å². The Balaban J connectivity index is 2.63. The lowest BCUT2D eigenvalue weighted by molar-refractivity contribution is -0.142. The van der Waals surface area contributed by atoms with E-state index >= 15 is 0 Å². The van der Waals surface area contributed by atoms with Crippen LogP contribution in [-0.2, 0) is 25.6 Å². The third kappa shape index (κ3) is 13.8. The number of aliphatic carboxylic acids is 2. The van der Waals surface area contributed by atoms with Gasteiger partial charge in [-0.1, -0.05) is 93.5 Å². The molecular formula is C27H42N2O6S2. The summed E-state index contributed by atoms with van der Waals surface area (Å²) in [6, 6.07) is 7.83. The van der Waals surface area contributed by atoms with Gasteiger partial charge in [0.15, 0.2) is 0 Å². The zero-order chi connectivity index (χ0) is 28.2. The molecule has 0 aliphatic carbocycles. The number of benzene rings is 1. The number of nitrogens with one attached hydrogen (secondary N) is 2. The van der Waals surface area contributed by atoms with Crippen molar-refractivity contribution in [3.63, 3.8) is 0 Å². The lowest BCUT2D eigenvalue weighted by atomic mass is 9.77. The second kappa shape index (κ2) is 15.3. The van der Waals surface area contributed by atoms with Crippen LogP contribution >= 0.6 is 21.6 Å². The highest BCUT2D eigenvalue weighted by molar-refractivity contribution is 8.76. The SMILES string of the molecule is CC(C)(C)CC(=O)N[C@@H](CSSC[C@H](NC(=O)[C@H](CCCc1ccccc1)C(C)(C)C)C(=O)O)C(=O)O. The molecule has 0 fully saturated rings. The van der Waals surface area contributed by atoms with E-state index in [1.807, 2.05) is 71.9 Å². The highest BCUT2D eigenvalue weighted by atomic mass is 33.1. The Morgan fingerprint density at radius 3 is 1.81 bits per heavy atom. The molecule has 2 amide bonds. The Morgan fingerprint density at radius 2 is 1.35 bits per heavy atom. The van der Waals surface area contributed by atoms with E-state index in [4.69, 9.17) is 0 Å². The Labute approximate surface area is 228 Å². The molecule has 0 heterocycles. The second-order valence-corrected chi connectivity index (χ2v) is 14.0. The van der Waals surface area contributed by atoms with Crippen molar-refractivity contribution in [2.75, 3.05) is 11.5 Å². The summed E-state index contributed by atoms with van der Waals surface area (Å²) in [5, 5.41) is 24.3. The van der Waals surface area contributed by atoms with Crippen molar-refractivity contribution in [1.82, 2.24) is 10.6 Å². The molecular weight excluding hydrogens is 512 g/mol. The van der Waals surface area contributed by atoms with Crippen LogP contribution in [0.1, 0.15) is 66.4 Å². The minimum absolute atomic E-state index is 0.0644. The topological polar surface area (TPSA) is 133 Å². The largest absolute Gasteiger partial charge is 0.480 e. The van der Waals surface area contributed by atoms with Gasteiger partial charge in [0.1, 0.15) is 12.1 Å². The third-order valence-corrected chi connectivity index (χ3v) is 8.08. The van der Waals surface area contributed by atoms with Crippen molar-refractivity contribution in [2.24, 2.45) is 16.7 Å². The molecule has 0 saturated carbocycles. The molecule has 1 aromatic carbocycles. The molecule has 0 radical (unpaired) electrons. The molecule has 0 unspecified atom stereocenters. The Bertz CT molecular complexity index is 896. The van der Waals surface area contributed by atoms with Gasteiger partial charge in [0, 0.05) is 23.8 Å². The van der Waals surface area contributed by atoms with Crippen molar-refractivity contribution < 1.29 is 29.4 Å². The van der Waals surface area contributed by atoms with Crippen molar-refractivity contribution in [1.29, 1.82) is 0 Å². The Hall–Kier alpha value is -2.20. The van der Waals surface area contributed by atoms with Gasteiger partial charge in [0.25, 0.3) is 0 Å². The van der Waals surface area contributed by atoms with E-state index in [0.717, 1.165) is 34.4 Å². The first-order valence-corrected chi connectivity index (χ1v) is 14.9. The van der Waals surface area contributed by atoms with Crippen LogP contribution in [-0.4, -0.2) is 57.6 Å². The number of carboxylic acid groups (broad SMARTS) is 2. The van der Waals surface area contributed by atoms with Gasteiger partial charge in [-0.25, -0.2) is 9.59 Å². The zero-order valence-electron chi connectivity index (χ0n) is 22.7. The number of rotatable bonds is 15. The fourth-order valence-electron chi connectivity index (χ4n) is 3.69. The summed E-state index contributed by atoms with van der Waals surface area (Å²) in [6.07, 6.45) is 2.47. The number of carboxylic acids is 2. The van der Waals surface area contributed by atoms with E-state index in [2.05, 4.69) is 10.6 Å². The number of aryl methyl sites for hydroxylation is 1. The van der Waals surface area contributed by atoms with Crippen LogP contribution in [0.2, 0.25) is 0 Å². The molecule has 8 nitrogen and oxygen atoms in total. The maximum atomic E-state index is 13.1. The smallest absolute Gasteiger partial charge is 0.327 e. The average molecular weight is 555 g/mol. The maximum absolute atomic E-state index is 13.1. The molecule has 0 bridgehead atoms. The standard InChI is InChI=1S/C27H42N2O6S2/c1-26(2,3)15-22(30)28-20(24(32)33)16-36-37-17-21(25(34)35)29-23(31)19(27(4,5)6)14-10-13-18-11-8-7-9-12-18/h7-9,11-12,19-21H,10,13-17H2,1-6H3,(H,28,30)(H,29,31)(H,32,33)(H,34,35)/t19-,20-,21-/m0/s1. The van der Waals surface area contributed by atoms with Gasteiger partial charge in [-0.05, 0) is 35.7 Å². The van der Waals surface area contributed by atoms with Gasteiger partial charge in [0.2, 0.25) is 11.8 Å². The van der Waals surface area contributed by atoms with E-state index in [0.29, 0.717) is 6.42 Å². The van der Waals surface area contributed by atoms with Crippen LogP contribution < -0.4 is 10.6 Å². The lowest BCUT2D eigenvalue weighted by Gasteiger charge is -2.31. The predicted octanol–water partition coefficient (Wildman–Crippen LogP) is 4.63. The minimum Gasteiger partial charge on any atom is -0.480 e. The fraction of sp³-hybridized carbons (Fsp3) is 0.630.